The lowest BCUT2D eigenvalue weighted by atomic mass is 9.84. The van der Waals surface area contributed by atoms with E-state index in [1.165, 1.54) is 5.56 Å². The number of aliphatic imine (C=N–C) groups is 1. The SMILES string of the molecule is CC(=O)C1CCCCC1=Nc1ccc(C)cc1. The summed E-state index contributed by atoms with van der Waals surface area (Å²) in [5.74, 6) is 0.320. The molecule has 2 nitrogen and oxygen atoms in total. The highest BCUT2D eigenvalue weighted by atomic mass is 16.1. The monoisotopic (exact) mass is 229 g/mol. The molecule has 1 aliphatic rings. The third kappa shape index (κ3) is 3.02. The van der Waals surface area contributed by atoms with Crippen LogP contribution in [0.25, 0.3) is 0 Å². The summed E-state index contributed by atoms with van der Waals surface area (Å²) in [4.78, 5) is 16.2. The molecule has 1 atom stereocenters. The van der Waals surface area contributed by atoms with Crippen molar-refractivity contribution in [1.82, 2.24) is 0 Å². The van der Waals surface area contributed by atoms with Gasteiger partial charge in [0.25, 0.3) is 0 Å². The van der Waals surface area contributed by atoms with Crippen LogP contribution in [0.5, 0.6) is 0 Å². The van der Waals surface area contributed by atoms with Gasteiger partial charge in [-0.3, -0.25) is 9.79 Å². The molecular formula is C15H19NO. The molecule has 0 amide bonds. The van der Waals surface area contributed by atoms with E-state index in [0.29, 0.717) is 0 Å². The van der Waals surface area contributed by atoms with Crippen LogP contribution < -0.4 is 0 Å². The lowest BCUT2D eigenvalue weighted by molar-refractivity contribution is -0.119. The highest BCUT2D eigenvalue weighted by molar-refractivity contribution is 6.05. The largest absolute Gasteiger partial charge is 0.299 e. The number of Topliss-reactive ketones (excluding diaryl/α,β-unsaturated/α-hetero) is 1. The molecule has 90 valence electrons. The molecule has 0 aromatic heterocycles. The average molecular weight is 229 g/mol. The predicted molar refractivity (Wildman–Crippen MR) is 70.9 cm³/mol. The minimum absolute atomic E-state index is 0.0602. The molecule has 1 saturated carbocycles. The first kappa shape index (κ1) is 12.0. The van der Waals surface area contributed by atoms with E-state index in [2.05, 4.69) is 24.0 Å². The van der Waals surface area contributed by atoms with Crippen molar-refractivity contribution in [2.75, 3.05) is 0 Å². The molecule has 1 aliphatic carbocycles. The standard InChI is InChI=1S/C15H19NO/c1-11-7-9-13(10-8-11)16-15-6-4-3-5-14(15)12(2)17/h7-10,14H,3-6H2,1-2H3. The van der Waals surface area contributed by atoms with E-state index in [0.717, 1.165) is 37.1 Å². The zero-order valence-electron chi connectivity index (χ0n) is 10.6. The third-order valence-corrected chi connectivity index (χ3v) is 3.38. The molecule has 2 heteroatoms. The van der Waals surface area contributed by atoms with Gasteiger partial charge in [-0.2, -0.15) is 0 Å². The summed E-state index contributed by atoms with van der Waals surface area (Å²) in [6.07, 6.45) is 4.25. The van der Waals surface area contributed by atoms with Crippen LogP contribution in [0.4, 0.5) is 5.69 Å². The van der Waals surface area contributed by atoms with E-state index < -0.39 is 0 Å². The Morgan fingerprint density at radius 1 is 1.24 bits per heavy atom. The van der Waals surface area contributed by atoms with Crippen molar-refractivity contribution >= 4 is 17.2 Å². The summed E-state index contributed by atoms with van der Waals surface area (Å²) >= 11 is 0. The Bertz CT molecular complexity index is 431. The van der Waals surface area contributed by atoms with Crippen LogP contribution in [0.1, 0.15) is 38.2 Å². The highest BCUT2D eigenvalue weighted by Gasteiger charge is 2.24. The van der Waals surface area contributed by atoms with Crippen LogP contribution >= 0.6 is 0 Å². The number of nitrogens with zero attached hydrogens (tertiary/aromatic N) is 1. The lowest BCUT2D eigenvalue weighted by Gasteiger charge is -2.21. The van der Waals surface area contributed by atoms with Crippen molar-refractivity contribution < 1.29 is 4.79 Å². The van der Waals surface area contributed by atoms with Crippen LogP contribution in [-0.2, 0) is 4.79 Å². The van der Waals surface area contributed by atoms with E-state index in [-0.39, 0.29) is 11.7 Å². The van der Waals surface area contributed by atoms with Crippen molar-refractivity contribution in [3.63, 3.8) is 0 Å². The first-order chi connectivity index (χ1) is 8.16. The molecule has 0 radical (unpaired) electrons. The van der Waals surface area contributed by atoms with Gasteiger partial charge in [0, 0.05) is 5.71 Å². The fourth-order valence-corrected chi connectivity index (χ4v) is 2.35. The van der Waals surface area contributed by atoms with Crippen molar-refractivity contribution in [2.45, 2.75) is 39.5 Å². The molecule has 1 fully saturated rings. The Morgan fingerprint density at radius 2 is 1.94 bits per heavy atom. The molecule has 0 spiro atoms. The van der Waals surface area contributed by atoms with Gasteiger partial charge >= 0.3 is 0 Å². The summed E-state index contributed by atoms with van der Waals surface area (Å²) in [7, 11) is 0. The summed E-state index contributed by atoms with van der Waals surface area (Å²) in [6.45, 7) is 3.75. The Balaban J connectivity index is 2.23. The van der Waals surface area contributed by atoms with Crippen molar-refractivity contribution in [1.29, 1.82) is 0 Å². The minimum Gasteiger partial charge on any atom is -0.299 e. The number of benzene rings is 1. The Hall–Kier alpha value is -1.44. The van der Waals surface area contributed by atoms with Gasteiger partial charge in [0.05, 0.1) is 11.6 Å². The van der Waals surface area contributed by atoms with Crippen LogP contribution in [0.3, 0.4) is 0 Å². The van der Waals surface area contributed by atoms with E-state index >= 15 is 0 Å². The second-order valence-corrected chi connectivity index (χ2v) is 4.85. The van der Waals surface area contributed by atoms with Crippen LogP contribution in [0.15, 0.2) is 29.3 Å². The van der Waals surface area contributed by atoms with Crippen LogP contribution in [0, 0.1) is 12.8 Å². The van der Waals surface area contributed by atoms with Crippen molar-refractivity contribution in [3.05, 3.63) is 29.8 Å². The number of aryl methyl sites for hydroxylation is 1. The molecule has 0 N–H and O–H groups in total. The topological polar surface area (TPSA) is 29.4 Å². The first-order valence-corrected chi connectivity index (χ1v) is 6.31. The van der Waals surface area contributed by atoms with Gasteiger partial charge in [0.2, 0.25) is 0 Å². The van der Waals surface area contributed by atoms with Crippen molar-refractivity contribution in [2.24, 2.45) is 10.9 Å². The Kier molecular flexibility index (Phi) is 3.72. The molecule has 0 bridgehead atoms. The zero-order chi connectivity index (χ0) is 12.3. The first-order valence-electron chi connectivity index (χ1n) is 6.31. The number of rotatable bonds is 2. The number of carbonyl (C=O) groups is 1. The van der Waals surface area contributed by atoms with E-state index in [9.17, 15) is 4.79 Å². The maximum atomic E-state index is 11.6. The Labute approximate surface area is 103 Å². The van der Waals surface area contributed by atoms with E-state index in [1.54, 1.807) is 6.92 Å². The van der Waals surface area contributed by atoms with E-state index in [1.807, 2.05) is 12.1 Å². The number of hydrogen-bond donors (Lipinski definition) is 0. The van der Waals surface area contributed by atoms with E-state index in [4.69, 9.17) is 0 Å². The van der Waals surface area contributed by atoms with Gasteiger partial charge in [-0.15, -0.1) is 0 Å². The van der Waals surface area contributed by atoms with Crippen molar-refractivity contribution in [3.8, 4) is 0 Å². The lowest BCUT2D eigenvalue weighted by Crippen LogP contribution is -2.25. The summed E-state index contributed by atoms with van der Waals surface area (Å²) in [5.41, 5.74) is 3.28. The predicted octanol–water partition coefficient (Wildman–Crippen LogP) is 3.85. The third-order valence-electron chi connectivity index (χ3n) is 3.38. The second-order valence-electron chi connectivity index (χ2n) is 4.85. The quantitative estimate of drug-likeness (QED) is 0.757. The van der Waals surface area contributed by atoms with Gasteiger partial charge in [-0.1, -0.05) is 24.1 Å². The molecule has 17 heavy (non-hydrogen) atoms. The molecule has 0 saturated heterocycles. The van der Waals surface area contributed by atoms with Gasteiger partial charge in [0.1, 0.15) is 5.78 Å². The smallest absolute Gasteiger partial charge is 0.138 e. The fraction of sp³-hybridized carbons (Fsp3) is 0.467. The normalized spacial score (nSPS) is 22.7. The Morgan fingerprint density at radius 3 is 2.59 bits per heavy atom. The van der Waals surface area contributed by atoms with Gasteiger partial charge < -0.3 is 0 Å². The zero-order valence-corrected chi connectivity index (χ0v) is 10.6. The highest BCUT2D eigenvalue weighted by Crippen LogP contribution is 2.25. The molecule has 1 unspecified atom stereocenters. The molecule has 0 heterocycles. The van der Waals surface area contributed by atoms with Gasteiger partial charge in [-0.05, 0) is 45.2 Å². The molecule has 1 aromatic carbocycles. The number of ketones is 1. The molecule has 2 rings (SSSR count). The fourth-order valence-electron chi connectivity index (χ4n) is 2.35. The maximum absolute atomic E-state index is 11.6. The minimum atomic E-state index is 0.0602. The molecule has 0 aliphatic heterocycles. The average Bonchev–Trinajstić information content (AvgIpc) is 2.32. The second kappa shape index (κ2) is 5.26. The molecular weight excluding hydrogens is 210 g/mol. The summed E-state index contributed by atoms with van der Waals surface area (Å²) in [5, 5.41) is 0. The van der Waals surface area contributed by atoms with Crippen LogP contribution in [-0.4, -0.2) is 11.5 Å². The number of hydrogen-bond acceptors (Lipinski definition) is 2. The summed E-state index contributed by atoms with van der Waals surface area (Å²) < 4.78 is 0. The van der Waals surface area contributed by atoms with Gasteiger partial charge in [0.15, 0.2) is 0 Å². The van der Waals surface area contributed by atoms with Gasteiger partial charge in [-0.25, -0.2) is 0 Å². The number of carbonyl (C=O) groups excluding carboxylic acids is 1. The molecule has 1 aromatic rings. The maximum Gasteiger partial charge on any atom is 0.138 e. The van der Waals surface area contributed by atoms with Crippen LogP contribution in [0.2, 0.25) is 0 Å². The summed E-state index contributed by atoms with van der Waals surface area (Å²) in [6, 6.07) is 8.16.